The fraction of sp³-hybridized carbons (Fsp3) is 0.909. The van der Waals surface area contributed by atoms with Gasteiger partial charge in [-0.2, -0.15) is 13.2 Å². The highest BCUT2D eigenvalue weighted by molar-refractivity contribution is 5.81. The van der Waals surface area contributed by atoms with E-state index in [2.05, 4.69) is 0 Å². The summed E-state index contributed by atoms with van der Waals surface area (Å²) in [6, 6.07) is -0.866. The van der Waals surface area contributed by atoms with Crippen molar-refractivity contribution in [1.29, 1.82) is 0 Å². The molecule has 0 aromatic carbocycles. The molecule has 1 atom stereocenters. The monoisotopic (exact) mass is 254 g/mol. The molecule has 0 bridgehead atoms. The summed E-state index contributed by atoms with van der Waals surface area (Å²) in [4.78, 5) is 12.6. The van der Waals surface area contributed by atoms with Crippen LogP contribution in [0.15, 0.2) is 0 Å². The summed E-state index contributed by atoms with van der Waals surface area (Å²) in [5.41, 5.74) is 5.59. The van der Waals surface area contributed by atoms with E-state index in [4.69, 9.17) is 5.73 Å². The van der Waals surface area contributed by atoms with Crippen LogP contribution in [0.2, 0.25) is 0 Å². The van der Waals surface area contributed by atoms with E-state index in [9.17, 15) is 18.0 Å². The Morgan fingerprint density at radius 1 is 1.35 bits per heavy atom. The molecule has 6 heteroatoms. The number of hydrogen-bond acceptors (Lipinski definition) is 2. The molecule has 1 amide bonds. The summed E-state index contributed by atoms with van der Waals surface area (Å²) in [7, 11) is 0. The van der Waals surface area contributed by atoms with E-state index in [0.717, 1.165) is 11.3 Å². The summed E-state index contributed by atoms with van der Waals surface area (Å²) < 4.78 is 37.0. The summed E-state index contributed by atoms with van der Waals surface area (Å²) in [6.07, 6.45) is -3.09. The van der Waals surface area contributed by atoms with Gasteiger partial charge >= 0.3 is 6.18 Å². The number of nitrogens with zero attached hydrogens (tertiary/aromatic N) is 1. The molecular formula is C11H21F3N2O. The molecular weight excluding hydrogens is 233 g/mol. The van der Waals surface area contributed by atoms with Crippen LogP contribution in [-0.4, -0.2) is 36.1 Å². The molecule has 0 aromatic heterocycles. The van der Waals surface area contributed by atoms with Gasteiger partial charge in [-0.3, -0.25) is 4.79 Å². The van der Waals surface area contributed by atoms with E-state index in [-0.39, 0.29) is 12.5 Å². The van der Waals surface area contributed by atoms with Crippen molar-refractivity contribution in [1.82, 2.24) is 4.90 Å². The van der Waals surface area contributed by atoms with Crippen molar-refractivity contribution in [3.8, 4) is 0 Å². The van der Waals surface area contributed by atoms with Gasteiger partial charge < -0.3 is 10.6 Å². The van der Waals surface area contributed by atoms with E-state index in [1.54, 1.807) is 13.8 Å². The first kappa shape index (κ1) is 16.2. The Bertz CT molecular complexity index is 241. The first-order valence-corrected chi connectivity index (χ1v) is 5.80. The molecule has 0 rings (SSSR count). The minimum atomic E-state index is -4.37. The Balaban J connectivity index is 4.61. The van der Waals surface area contributed by atoms with Crippen LogP contribution < -0.4 is 5.73 Å². The normalized spacial score (nSPS) is 13.9. The zero-order chi connectivity index (χ0) is 13.6. The van der Waals surface area contributed by atoms with E-state index in [1.165, 1.54) is 0 Å². The highest BCUT2D eigenvalue weighted by Gasteiger charge is 2.34. The summed E-state index contributed by atoms with van der Waals surface area (Å²) in [5.74, 6) is -0.786. The van der Waals surface area contributed by atoms with Crippen molar-refractivity contribution in [3.05, 3.63) is 0 Å². The third kappa shape index (κ3) is 6.51. The van der Waals surface area contributed by atoms with Crippen LogP contribution in [0.25, 0.3) is 0 Å². The summed E-state index contributed by atoms with van der Waals surface area (Å²) >= 11 is 0. The van der Waals surface area contributed by atoms with Crippen LogP contribution in [-0.2, 0) is 4.79 Å². The Kier molecular flexibility index (Phi) is 6.52. The third-order valence-corrected chi connectivity index (χ3v) is 2.47. The maximum Gasteiger partial charge on any atom is 0.406 e. The van der Waals surface area contributed by atoms with Crippen molar-refractivity contribution in [2.75, 3.05) is 13.1 Å². The zero-order valence-corrected chi connectivity index (χ0v) is 10.5. The van der Waals surface area contributed by atoms with Crippen molar-refractivity contribution >= 4 is 5.91 Å². The van der Waals surface area contributed by atoms with Crippen LogP contribution in [0.3, 0.4) is 0 Å². The lowest BCUT2D eigenvalue weighted by Crippen LogP contribution is -2.49. The molecule has 0 saturated heterocycles. The highest BCUT2D eigenvalue weighted by atomic mass is 19.4. The number of unbranched alkanes of at least 4 members (excludes halogenated alkanes) is 1. The molecule has 2 N–H and O–H groups in total. The highest BCUT2D eigenvalue weighted by Crippen LogP contribution is 2.18. The van der Waals surface area contributed by atoms with E-state index >= 15 is 0 Å². The summed E-state index contributed by atoms with van der Waals surface area (Å²) in [6.45, 7) is 4.18. The molecule has 0 radical (unpaired) electrons. The summed E-state index contributed by atoms with van der Waals surface area (Å²) in [5, 5.41) is 0. The number of amides is 1. The zero-order valence-electron chi connectivity index (χ0n) is 10.5. The number of nitrogens with two attached hydrogens (primary N) is 1. The smallest absolute Gasteiger partial charge is 0.332 e. The Morgan fingerprint density at radius 2 is 1.88 bits per heavy atom. The lowest BCUT2D eigenvalue weighted by molar-refractivity contribution is -0.162. The molecule has 0 fully saturated rings. The van der Waals surface area contributed by atoms with Gasteiger partial charge in [-0.1, -0.05) is 27.2 Å². The molecule has 0 unspecified atom stereocenters. The first-order chi connectivity index (χ1) is 7.69. The van der Waals surface area contributed by atoms with Gasteiger partial charge in [0.05, 0.1) is 6.04 Å². The molecule has 17 heavy (non-hydrogen) atoms. The number of carbonyl (C=O) groups is 1. The molecule has 0 aliphatic carbocycles. The fourth-order valence-corrected chi connectivity index (χ4v) is 1.33. The van der Waals surface area contributed by atoms with Crippen molar-refractivity contribution in [2.24, 2.45) is 11.7 Å². The lowest BCUT2D eigenvalue weighted by Gasteiger charge is -2.28. The van der Waals surface area contributed by atoms with Crippen molar-refractivity contribution in [3.63, 3.8) is 0 Å². The predicted octanol–water partition coefficient (Wildman–Crippen LogP) is 2.16. The lowest BCUT2D eigenvalue weighted by atomic mass is 10.0. The topological polar surface area (TPSA) is 46.3 Å². The second kappa shape index (κ2) is 6.83. The number of alkyl halides is 3. The minimum Gasteiger partial charge on any atom is -0.332 e. The van der Waals surface area contributed by atoms with Gasteiger partial charge in [0.25, 0.3) is 0 Å². The van der Waals surface area contributed by atoms with Crippen LogP contribution >= 0.6 is 0 Å². The second-order valence-electron chi connectivity index (χ2n) is 4.50. The minimum absolute atomic E-state index is 0.106. The van der Waals surface area contributed by atoms with E-state index < -0.39 is 24.7 Å². The van der Waals surface area contributed by atoms with Gasteiger partial charge in [0.15, 0.2) is 0 Å². The maximum absolute atomic E-state index is 12.3. The molecule has 0 heterocycles. The molecule has 0 aliphatic heterocycles. The first-order valence-electron chi connectivity index (χ1n) is 5.80. The molecule has 0 saturated carbocycles. The molecule has 0 spiro atoms. The molecule has 0 aliphatic rings. The van der Waals surface area contributed by atoms with Crippen LogP contribution in [0, 0.1) is 5.92 Å². The van der Waals surface area contributed by atoms with Crippen molar-refractivity contribution < 1.29 is 18.0 Å². The maximum atomic E-state index is 12.3. The molecule has 102 valence electrons. The Morgan fingerprint density at radius 3 is 2.24 bits per heavy atom. The predicted molar refractivity (Wildman–Crippen MR) is 60.4 cm³/mol. The number of hydrogen-bond donors (Lipinski definition) is 1. The number of carbonyl (C=O) groups excluding carboxylic acids is 1. The van der Waals surface area contributed by atoms with Crippen molar-refractivity contribution in [2.45, 2.75) is 45.8 Å². The van der Waals surface area contributed by atoms with Crippen LogP contribution in [0.5, 0.6) is 0 Å². The Hall–Kier alpha value is -0.780. The average molecular weight is 254 g/mol. The fourth-order valence-electron chi connectivity index (χ4n) is 1.33. The average Bonchev–Trinajstić information content (AvgIpc) is 2.20. The number of halogens is 3. The van der Waals surface area contributed by atoms with Gasteiger partial charge in [-0.25, -0.2) is 0 Å². The second-order valence-corrected chi connectivity index (χ2v) is 4.50. The largest absolute Gasteiger partial charge is 0.406 e. The van der Waals surface area contributed by atoms with Crippen LogP contribution in [0.4, 0.5) is 13.2 Å². The quantitative estimate of drug-likeness (QED) is 0.789. The molecule has 0 aromatic rings. The van der Waals surface area contributed by atoms with Gasteiger partial charge in [-0.05, 0) is 12.3 Å². The third-order valence-electron chi connectivity index (χ3n) is 2.47. The standard InChI is InChI=1S/C11H21F3N2O/c1-4-5-6-16(7-11(12,13)14)10(17)9(15)8(2)3/h8-9H,4-7,15H2,1-3H3/t9-/m0/s1. The molecule has 3 nitrogen and oxygen atoms in total. The van der Waals surface area contributed by atoms with Crippen LogP contribution in [0.1, 0.15) is 33.6 Å². The van der Waals surface area contributed by atoms with E-state index in [0.29, 0.717) is 6.42 Å². The van der Waals surface area contributed by atoms with Gasteiger partial charge in [-0.15, -0.1) is 0 Å². The van der Waals surface area contributed by atoms with E-state index in [1.807, 2.05) is 6.92 Å². The SMILES string of the molecule is CCCCN(CC(F)(F)F)C(=O)[C@@H](N)C(C)C. The Labute approximate surface area is 100 Å². The van der Waals surface area contributed by atoms with Gasteiger partial charge in [0, 0.05) is 6.54 Å². The number of rotatable bonds is 6. The van der Waals surface area contributed by atoms with Gasteiger partial charge in [0.2, 0.25) is 5.91 Å². The van der Waals surface area contributed by atoms with Gasteiger partial charge in [0.1, 0.15) is 6.54 Å².